The predicted molar refractivity (Wildman–Crippen MR) is 80.8 cm³/mol. The molecule has 0 aromatic heterocycles. The Hall–Kier alpha value is -1.35. The predicted octanol–water partition coefficient (Wildman–Crippen LogP) is 3.78. The van der Waals surface area contributed by atoms with Crippen molar-refractivity contribution in [3.63, 3.8) is 0 Å². The van der Waals surface area contributed by atoms with Crippen LogP contribution in [0.2, 0.25) is 0 Å². The summed E-state index contributed by atoms with van der Waals surface area (Å²) in [6.07, 6.45) is 6.01. The molecule has 0 amide bonds. The molecule has 0 aliphatic carbocycles. The van der Waals surface area contributed by atoms with Gasteiger partial charge in [0.15, 0.2) is 0 Å². The molecule has 1 aromatic carbocycles. The van der Waals surface area contributed by atoms with Crippen LogP contribution in [0.1, 0.15) is 55.7 Å². The third-order valence-corrected chi connectivity index (χ3v) is 4.13. The second-order valence-electron chi connectivity index (χ2n) is 5.81. The molecule has 110 valence electrons. The van der Waals surface area contributed by atoms with Gasteiger partial charge in [-0.15, -0.1) is 0 Å². The van der Waals surface area contributed by atoms with Crippen molar-refractivity contribution in [3.05, 3.63) is 35.4 Å². The smallest absolute Gasteiger partial charge is 0.303 e. The molecular weight excluding hydrogens is 250 g/mol. The van der Waals surface area contributed by atoms with Crippen molar-refractivity contribution in [1.29, 1.82) is 0 Å². The van der Waals surface area contributed by atoms with E-state index < -0.39 is 5.97 Å². The number of benzene rings is 1. The van der Waals surface area contributed by atoms with Gasteiger partial charge in [-0.3, -0.25) is 9.69 Å². The van der Waals surface area contributed by atoms with Crippen molar-refractivity contribution >= 4 is 5.97 Å². The maximum absolute atomic E-state index is 10.7. The fourth-order valence-corrected chi connectivity index (χ4v) is 3.12. The topological polar surface area (TPSA) is 40.5 Å². The Morgan fingerprint density at radius 1 is 1.35 bits per heavy atom. The van der Waals surface area contributed by atoms with Crippen molar-refractivity contribution in [3.8, 4) is 0 Å². The molecule has 20 heavy (non-hydrogen) atoms. The minimum atomic E-state index is -0.688. The van der Waals surface area contributed by atoms with Crippen molar-refractivity contribution in [2.75, 3.05) is 13.1 Å². The summed E-state index contributed by atoms with van der Waals surface area (Å²) in [6.45, 7) is 4.12. The number of nitrogens with zero attached hydrogens (tertiary/aromatic N) is 1. The van der Waals surface area contributed by atoms with E-state index in [1.165, 1.54) is 36.8 Å². The van der Waals surface area contributed by atoms with Gasteiger partial charge in [-0.05, 0) is 44.8 Å². The lowest BCUT2D eigenvalue weighted by Crippen LogP contribution is -2.30. The molecule has 1 N–H and O–H groups in total. The third kappa shape index (κ3) is 4.34. The quantitative estimate of drug-likeness (QED) is 0.889. The Morgan fingerprint density at radius 2 is 2.20 bits per heavy atom. The summed E-state index contributed by atoms with van der Waals surface area (Å²) < 4.78 is 0. The Morgan fingerprint density at radius 3 is 2.95 bits per heavy atom. The number of aryl methyl sites for hydroxylation is 1. The summed E-state index contributed by atoms with van der Waals surface area (Å²) in [5.41, 5.74) is 2.69. The number of carboxylic acids is 1. The zero-order chi connectivity index (χ0) is 14.4. The number of carboxylic acid groups (broad SMARTS) is 1. The number of aliphatic carboxylic acids is 1. The molecule has 0 bridgehead atoms. The van der Waals surface area contributed by atoms with E-state index in [9.17, 15) is 4.79 Å². The standard InChI is InChI=1S/C17H25NO2/c1-14-7-5-8-15(13-14)16-9-3-2-4-11-18(16)12-6-10-17(19)20/h5,7-8,13,16H,2-4,6,9-12H2,1H3,(H,19,20). The summed E-state index contributed by atoms with van der Waals surface area (Å²) in [7, 11) is 0. The second-order valence-corrected chi connectivity index (χ2v) is 5.81. The van der Waals surface area contributed by atoms with Crippen LogP contribution in [-0.2, 0) is 4.79 Å². The highest BCUT2D eigenvalue weighted by atomic mass is 16.4. The van der Waals surface area contributed by atoms with Crippen LogP contribution in [0.5, 0.6) is 0 Å². The first-order chi connectivity index (χ1) is 9.66. The summed E-state index contributed by atoms with van der Waals surface area (Å²) in [6, 6.07) is 9.22. The molecule has 0 saturated carbocycles. The Balaban J connectivity index is 2.06. The van der Waals surface area contributed by atoms with Crippen LogP contribution in [0, 0.1) is 6.92 Å². The van der Waals surface area contributed by atoms with E-state index in [0.29, 0.717) is 6.04 Å². The summed E-state index contributed by atoms with van der Waals surface area (Å²) >= 11 is 0. The molecule has 1 unspecified atom stereocenters. The van der Waals surface area contributed by atoms with E-state index in [-0.39, 0.29) is 6.42 Å². The SMILES string of the molecule is Cc1cccc(C2CCCCCN2CCCC(=O)O)c1. The minimum Gasteiger partial charge on any atom is -0.481 e. The van der Waals surface area contributed by atoms with Crippen molar-refractivity contribution in [1.82, 2.24) is 4.90 Å². The van der Waals surface area contributed by atoms with Gasteiger partial charge in [0.1, 0.15) is 0 Å². The molecule has 1 aromatic rings. The second kappa shape index (κ2) is 7.44. The number of likely N-dealkylation sites (tertiary alicyclic amines) is 1. The summed E-state index contributed by atoms with van der Waals surface area (Å²) in [4.78, 5) is 13.2. The van der Waals surface area contributed by atoms with Crippen molar-refractivity contribution in [2.24, 2.45) is 0 Å². The normalized spacial score (nSPS) is 20.6. The summed E-state index contributed by atoms with van der Waals surface area (Å²) in [5.74, 6) is -0.688. The summed E-state index contributed by atoms with van der Waals surface area (Å²) in [5, 5.41) is 8.80. The zero-order valence-corrected chi connectivity index (χ0v) is 12.3. The third-order valence-electron chi connectivity index (χ3n) is 4.13. The molecule has 3 nitrogen and oxygen atoms in total. The van der Waals surface area contributed by atoms with E-state index in [2.05, 4.69) is 36.1 Å². The lowest BCUT2D eigenvalue weighted by molar-refractivity contribution is -0.137. The van der Waals surface area contributed by atoms with E-state index in [1.54, 1.807) is 0 Å². The van der Waals surface area contributed by atoms with Crippen LogP contribution in [0.15, 0.2) is 24.3 Å². The maximum atomic E-state index is 10.7. The first-order valence-corrected chi connectivity index (χ1v) is 7.69. The molecule has 3 heteroatoms. The molecule has 1 saturated heterocycles. The van der Waals surface area contributed by atoms with Crippen LogP contribution in [0.4, 0.5) is 0 Å². The molecule has 0 spiro atoms. The Labute approximate surface area is 121 Å². The lowest BCUT2D eigenvalue weighted by atomic mass is 9.99. The Bertz CT molecular complexity index is 444. The molecule has 1 aliphatic heterocycles. The monoisotopic (exact) mass is 275 g/mol. The van der Waals surface area contributed by atoms with E-state index in [1.807, 2.05) is 0 Å². The van der Waals surface area contributed by atoms with Gasteiger partial charge >= 0.3 is 5.97 Å². The van der Waals surface area contributed by atoms with Crippen LogP contribution < -0.4 is 0 Å². The van der Waals surface area contributed by atoms with Gasteiger partial charge in [0.25, 0.3) is 0 Å². The van der Waals surface area contributed by atoms with Crippen molar-refractivity contribution < 1.29 is 9.90 Å². The van der Waals surface area contributed by atoms with Gasteiger partial charge in [-0.25, -0.2) is 0 Å². The van der Waals surface area contributed by atoms with Crippen LogP contribution >= 0.6 is 0 Å². The maximum Gasteiger partial charge on any atom is 0.303 e. The van der Waals surface area contributed by atoms with E-state index in [4.69, 9.17) is 5.11 Å². The molecule has 1 heterocycles. The van der Waals surface area contributed by atoms with E-state index >= 15 is 0 Å². The highest BCUT2D eigenvalue weighted by Gasteiger charge is 2.22. The van der Waals surface area contributed by atoms with Gasteiger partial charge in [0, 0.05) is 12.5 Å². The average Bonchev–Trinajstić information content (AvgIpc) is 2.64. The van der Waals surface area contributed by atoms with Gasteiger partial charge in [0.2, 0.25) is 0 Å². The number of hydrogen-bond donors (Lipinski definition) is 1. The van der Waals surface area contributed by atoms with Gasteiger partial charge < -0.3 is 5.11 Å². The Kier molecular flexibility index (Phi) is 5.60. The number of carbonyl (C=O) groups is 1. The molecular formula is C17H25NO2. The lowest BCUT2D eigenvalue weighted by Gasteiger charge is -2.30. The largest absolute Gasteiger partial charge is 0.481 e. The molecule has 1 aliphatic rings. The zero-order valence-electron chi connectivity index (χ0n) is 12.3. The first kappa shape index (κ1) is 15.0. The fourth-order valence-electron chi connectivity index (χ4n) is 3.12. The molecule has 1 fully saturated rings. The number of rotatable bonds is 5. The van der Waals surface area contributed by atoms with E-state index in [0.717, 1.165) is 19.5 Å². The average molecular weight is 275 g/mol. The first-order valence-electron chi connectivity index (χ1n) is 7.69. The van der Waals surface area contributed by atoms with Crippen LogP contribution in [-0.4, -0.2) is 29.1 Å². The molecule has 2 rings (SSSR count). The van der Waals surface area contributed by atoms with Crippen LogP contribution in [0.25, 0.3) is 0 Å². The fraction of sp³-hybridized carbons (Fsp3) is 0.588. The van der Waals surface area contributed by atoms with Crippen LogP contribution in [0.3, 0.4) is 0 Å². The number of hydrogen-bond acceptors (Lipinski definition) is 2. The minimum absolute atomic E-state index is 0.275. The van der Waals surface area contributed by atoms with Gasteiger partial charge in [-0.2, -0.15) is 0 Å². The molecule has 0 radical (unpaired) electrons. The highest BCUT2D eigenvalue weighted by Crippen LogP contribution is 2.30. The van der Waals surface area contributed by atoms with Gasteiger partial charge in [0.05, 0.1) is 0 Å². The molecule has 1 atom stereocenters. The highest BCUT2D eigenvalue weighted by molar-refractivity contribution is 5.66. The van der Waals surface area contributed by atoms with Crippen molar-refractivity contribution in [2.45, 2.75) is 51.5 Å². The van der Waals surface area contributed by atoms with Gasteiger partial charge in [-0.1, -0.05) is 42.7 Å².